The zero-order valence-electron chi connectivity index (χ0n) is 9.86. The van der Waals surface area contributed by atoms with Crippen molar-refractivity contribution in [1.82, 2.24) is 0 Å². The van der Waals surface area contributed by atoms with Gasteiger partial charge in [0, 0.05) is 20.8 Å². The highest BCUT2D eigenvalue weighted by Crippen LogP contribution is 2.31. The highest BCUT2D eigenvalue weighted by molar-refractivity contribution is 9.10. The van der Waals surface area contributed by atoms with Crippen LogP contribution in [0, 0.1) is 17.1 Å². The molecule has 0 heterocycles. The lowest BCUT2D eigenvalue weighted by atomic mass is 10.1. The molecular formula is C14H10BrFN2S. The van der Waals surface area contributed by atoms with Gasteiger partial charge in [0.15, 0.2) is 0 Å². The zero-order chi connectivity index (χ0) is 13.8. The summed E-state index contributed by atoms with van der Waals surface area (Å²) in [5.74, 6) is 0.109. The molecule has 0 spiro atoms. The predicted molar refractivity (Wildman–Crippen MR) is 79.2 cm³/mol. The van der Waals surface area contributed by atoms with Crippen LogP contribution in [-0.2, 0) is 5.75 Å². The van der Waals surface area contributed by atoms with Crippen molar-refractivity contribution in [2.75, 3.05) is 5.73 Å². The Labute approximate surface area is 123 Å². The lowest BCUT2D eigenvalue weighted by molar-refractivity contribution is 0.617. The summed E-state index contributed by atoms with van der Waals surface area (Å²) in [6, 6.07) is 12.0. The second-order valence-electron chi connectivity index (χ2n) is 3.89. The van der Waals surface area contributed by atoms with Crippen LogP contribution in [0.5, 0.6) is 0 Å². The van der Waals surface area contributed by atoms with E-state index in [0.717, 1.165) is 9.37 Å². The zero-order valence-corrected chi connectivity index (χ0v) is 12.3. The number of benzene rings is 2. The molecule has 19 heavy (non-hydrogen) atoms. The van der Waals surface area contributed by atoms with Gasteiger partial charge in [-0.05, 0) is 35.9 Å². The first-order valence-corrected chi connectivity index (χ1v) is 7.24. The number of hydrogen-bond acceptors (Lipinski definition) is 3. The van der Waals surface area contributed by atoms with Crippen molar-refractivity contribution in [3.63, 3.8) is 0 Å². The van der Waals surface area contributed by atoms with Crippen molar-refractivity contribution >= 4 is 33.4 Å². The van der Waals surface area contributed by atoms with Gasteiger partial charge in [-0.3, -0.25) is 0 Å². The van der Waals surface area contributed by atoms with Gasteiger partial charge in [0.05, 0.1) is 11.6 Å². The van der Waals surface area contributed by atoms with Crippen molar-refractivity contribution < 1.29 is 4.39 Å². The topological polar surface area (TPSA) is 49.8 Å². The van der Waals surface area contributed by atoms with Crippen molar-refractivity contribution in [3.05, 3.63) is 57.8 Å². The van der Waals surface area contributed by atoms with Crippen molar-refractivity contribution in [2.24, 2.45) is 0 Å². The van der Waals surface area contributed by atoms with E-state index in [2.05, 4.69) is 15.9 Å². The molecule has 96 valence electrons. The average molecular weight is 337 g/mol. The number of hydrogen-bond donors (Lipinski definition) is 1. The number of rotatable bonds is 3. The fourth-order valence-electron chi connectivity index (χ4n) is 1.52. The molecule has 2 nitrogen and oxygen atoms in total. The second-order valence-corrected chi connectivity index (χ2v) is 5.82. The third kappa shape index (κ3) is 3.49. The lowest BCUT2D eigenvalue weighted by Crippen LogP contribution is -1.91. The number of nitriles is 1. The van der Waals surface area contributed by atoms with Crippen molar-refractivity contribution in [1.29, 1.82) is 5.26 Å². The Morgan fingerprint density at radius 2 is 2.05 bits per heavy atom. The van der Waals surface area contributed by atoms with Gasteiger partial charge in [0.2, 0.25) is 0 Å². The molecule has 0 saturated carbocycles. The molecule has 0 atom stereocenters. The van der Waals surface area contributed by atoms with Crippen LogP contribution in [0.25, 0.3) is 0 Å². The Morgan fingerprint density at radius 1 is 1.26 bits per heavy atom. The summed E-state index contributed by atoms with van der Waals surface area (Å²) in [7, 11) is 0. The molecule has 2 aromatic rings. The molecule has 0 radical (unpaired) electrons. The fourth-order valence-corrected chi connectivity index (χ4v) is 3.03. The number of nitrogens with two attached hydrogens (primary N) is 1. The normalized spacial score (nSPS) is 10.2. The maximum Gasteiger partial charge on any atom is 0.128 e. The summed E-state index contributed by atoms with van der Waals surface area (Å²) in [6.45, 7) is 0. The van der Waals surface area contributed by atoms with Crippen LogP contribution in [0.15, 0.2) is 45.8 Å². The van der Waals surface area contributed by atoms with E-state index in [0.29, 0.717) is 22.6 Å². The van der Waals surface area contributed by atoms with Gasteiger partial charge in [0.25, 0.3) is 0 Å². The van der Waals surface area contributed by atoms with E-state index in [9.17, 15) is 4.39 Å². The Morgan fingerprint density at radius 3 is 2.74 bits per heavy atom. The highest BCUT2D eigenvalue weighted by atomic mass is 79.9. The fraction of sp³-hybridized carbons (Fsp3) is 0.0714. The maximum absolute atomic E-state index is 13.7. The van der Waals surface area contributed by atoms with E-state index in [4.69, 9.17) is 11.0 Å². The molecule has 0 fully saturated rings. The van der Waals surface area contributed by atoms with Gasteiger partial charge >= 0.3 is 0 Å². The van der Waals surface area contributed by atoms with Gasteiger partial charge in [-0.2, -0.15) is 5.26 Å². The smallest absolute Gasteiger partial charge is 0.128 e. The van der Waals surface area contributed by atoms with E-state index in [1.54, 1.807) is 12.1 Å². The van der Waals surface area contributed by atoms with E-state index in [-0.39, 0.29) is 5.82 Å². The number of nitrogen functional groups attached to an aromatic ring is 1. The van der Waals surface area contributed by atoms with E-state index in [1.165, 1.54) is 17.8 Å². The van der Waals surface area contributed by atoms with Crippen LogP contribution < -0.4 is 5.73 Å². The van der Waals surface area contributed by atoms with Crippen LogP contribution in [-0.4, -0.2) is 0 Å². The number of thioether (sulfide) groups is 1. The quantitative estimate of drug-likeness (QED) is 0.670. The van der Waals surface area contributed by atoms with Crippen molar-refractivity contribution in [3.8, 4) is 6.07 Å². The minimum absolute atomic E-state index is 0.327. The van der Waals surface area contributed by atoms with Gasteiger partial charge in [-0.25, -0.2) is 4.39 Å². The highest BCUT2D eigenvalue weighted by Gasteiger charge is 2.06. The van der Waals surface area contributed by atoms with Gasteiger partial charge in [0.1, 0.15) is 5.82 Å². The molecule has 0 saturated heterocycles. The average Bonchev–Trinajstić information content (AvgIpc) is 2.40. The van der Waals surface area contributed by atoms with Crippen LogP contribution >= 0.6 is 27.7 Å². The minimum Gasteiger partial charge on any atom is -0.398 e. The molecule has 0 aromatic heterocycles. The van der Waals surface area contributed by atoms with E-state index < -0.39 is 0 Å². The second kappa shape index (κ2) is 6.09. The first kappa shape index (κ1) is 13.9. The molecule has 0 amide bonds. The third-order valence-electron chi connectivity index (χ3n) is 2.54. The summed E-state index contributed by atoms with van der Waals surface area (Å²) in [4.78, 5) is 0.901. The largest absolute Gasteiger partial charge is 0.398 e. The molecule has 0 unspecified atom stereocenters. The summed E-state index contributed by atoms with van der Waals surface area (Å²) < 4.78 is 14.6. The van der Waals surface area contributed by atoms with Gasteiger partial charge in [-0.1, -0.05) is 22.0 Å². The number of nitrogens with zero attached hydrogens (tertiary/aromatic N) is 1. The monoisotopic (exact) mass is 336 g/mol. The Hall–Kier alpha value is -1.51. The van der Waals surface area contributed by atoms with Crippen molar-refractivity contribution in [2.45, 2.75) is 10.6 Å². The summed E-state index contributed by atoms with van der Waals surface area (Å²) in [5, 5.41) is 8.68. The van der Waals surface area contributed by atoms with E-state index >= 15 is 0 Å². The Kier molecular flexibility index (Phi) is 4.46. The SMILES string of the molecule is N#Cc1ccc(CSc2cc(Br)ccc2N)c(F)c1. The molecule has 2 N–H and O–H groups in total. The standard InChI is InChI=1S/C14H10BrFN2S/c15-11-3-4-13(18)14(6-11)19-8-10-2-1-9(7-17)5-12(10)16/h1-6H,8,18H2. The number of halogens is 2. The molecular weight excluding hydrogens is 327 g/mol. The molecule has 5 heteroatoms. The minimum atomic E-state index is -0.361. The van der Waals surface area contributed by atoms with Crippen LogP contribution in [0.1, 0.15) is 11.1 Å². The molecule has 0 aliphatic rings. The summed E-state index contributed by atoms with van der Waals surface area (Å²) >= 11 is 4.84. The van der Waals surface area contributed by atoms with Crippen LogP contribution in [0.2, 0.25) is 0 Å². The van der Waals surface area contributed by atoms with Crippen LogP contribution in [0.4, 0.5) is 10.1 Å². The first-order chi connectivity index (χ1) is 9.10. The Balaban J connectivity index is 2.15. The molecule has 0 aliphatic carbocycles. The Bertz CT molecular complexity index is 652. The van der Waals surface area contributed by atoms with Gasteiger partial charge < -0.3 is 5.73 Å². The predicted octanol–water partition coefficient (Wildman–Crippen LogP) is 4.33. The lowest BCUT2D eigenvalue weighted by Gasteiger charge is -2.07. The molecule has 2 rings (SSSR count). The molecule has 0 bridgehead atoms. The van der Waals surface area contributed by atoms with Crippen LogP contribution in [0.3, 0.4) is 0 Å². The maximum atomic E-state index is 13.7. The first-order valence-electron chi connectivity index (χ1n) is 5.46. The molecule has 2 aromatic carbocycles. The van der Waals surface area contributed by atoms with E-state index in [1.807, 2.05) is 24.3 Å². The summed E-state index contributed by atoms with van der Waals surface area (Å²) in [6.07, 6.45) is 0. The summed E-state index contributed by atoms with van der Waals surface area (Å²) in [5.41, 5.74) is 7.41. The molecule has 0 aliphatic heterocycles. The third-order valence-corrected chi connectivity index (χ3v) is 4.15. The van der Waals surface area contributed by atoms with Gasteiger partial charge in [-0.15, -0.1) is 11.8 Å². The number of anilines is 1.